The molecule has 0 bridgehead atoms. The Morgan fingerprint density at radius 3 is 2.54 bits per heavy atom. The molecule has 0 unspecified atom stereocenters. The van der Waals surface area contributed by atoms with Crippen molar-refractivity contribution in [2.24, 2.45) is 0 Å². The maximum Gasteiger partial charge on any atom is 0.410 e. The number of nitrogens with zero attached hydrogens (tertiary/aromatic N) is 3. The Morgan fingerprint density at radius 2 is 1.95 bits per heavy atom. The lowest BCUT2D eigenvalue weighted by Gasteiger charge is -2.38. The molecule has 12 heteroatoms. The molecule has 0 aliphatic carbocycles. The molecule has 0 aromatic carbocycles. The average Bonchev–Trinajstić information content (AvgIpc) is 3.46. The van der Waals surface area contributed by atoms with Crippen molar-refractivity contribution in [1.82, 2.24) is 20.1 Å². The molecule has 3 rings (SSSR count). The summed E-state index contributed by atoms with van der Waals surface area (Å²) >= 11 is 1.23. The van der Waals surface area contributed by atoms with E-state index in [9.17, 15) is 24.3 Å². The Morgan fingerprint density at radius 1 is 1.27 bits per heavy atom. The normalized spacial score (nSPS) is 25.0. The molecule has 37 heavy (non-hydrogen) atoms. The smallest absolute Gasteiger partial charge is 0.410 e. The number of thiazole rings is 1. The van der Waals surface area contributed by atoms with Crippen molar-refractivity contribution in [3.63, 3.8) is 0 Å². The number of likely N-dealkylation sites (N-methyl/N-ethyl adjacent to an activating group) is 1. The highest BCUT2D eigenvalue weighted by molar-refractivity contribution is 7.09. The van der Waals surface area contributed by atoms with Crippen LogP contribution in [0.2, 0.25) is 0 Å². The van der Waals surface area contributed by atoms with Crippen LogP contribution in [-0.2, 0) is 19.1 Å². The molecule has 1 aromatic heterocycles. The van der Waals surface area contributed by atoms with Crippen molar-refractivity contribution in [2.45, 2.75) is 103 Å². The van der Waals surface area contributed by atoms with Gasteiger partial charge in [0.25, 0.3) is 0 Å². The molecule has 1 aromatic rings. The molecule has 2 N–H and O–H groups in total. The average molecular weight is 539 g/mol. The zero-order valence-electron chi connectivity index (χ0n) is 22.4. The summed E-state index contributed by atoms with van der Waals surface area (Å²) in [5.74, 6) is -1.83. The zero-order valence-corrected chi connectivity index (χ0v) is 23.2. The largest absolute Gasteiger partial charge is 0.476 e. The number of ether oxygens (including phenoxy) is 2. The maximum atomic E-state index is 13.9. The van der Waals surface area contributed by atoms with Gasteiger partial charge < -0.3 is 24.8 Å². The van der Waals surface area contributed by atoms with Crippen LogP contribution in [0.15, 0.2) is 5.38 Å². The lowest BCUT2D eigenvalue weighted by molar-refractivity contribution is -0.142. The molecular weight excluding hydrogens is 500 g/mol. The quantitative estimate of drug-likeness (QED) is 0.540. The van der Waals surface area contributed by atoms with Gasteiger partial charge in [-0.25, -0.2) is 14.6 Å². The van der Waals surface area contributed by atoms with E-state index in [1.165, 1.54) is 28.7 Å². The van der Waals surface area contributed by atoms with Crippen molar-refractivity contribution in [1.29, 1.82) is 0 Å². The number of rotatable bonds is 7. The van der Waals surface area contributed by atoms with Crippen LogP contribution in [0.5, 0.6) is 0 Å². The molecule has 3 amide bonds. The van der Waals surface area contributed by atoms with E-state index in [0.717, 1.165) is 19.3 Å². The van der Waals surface area contributed by atoms with E-state index in [-0.39, 0.29) is 29.8 Å². The van der Waals surface area contributed by atoms with Gasteiger partial charge in [0.15, 0.2) is 5.69 Å². The molecule has 0 spiro atoms. The summed E-state index contributed by atoms with van der Waals surface area (Å²) in [7, 11) is 1.48. The van der Waals surface area contributed by atoms with Crippen LogP contribution < -0.4 is 5.32 Å². The Labute approximate surface area is 221 Å². The third kappa shape index (κ3) is 6.98. The molecule has 2 aliphatic heterocycles. The predicted molar refractivity (Wildman–Crippen MR) is 136 cm³/mol. The van der Waals surface area contributed by atoms with Gasteiger partial charge in [0, 0.05) is 31.5 Å². The Kier molecular flexibility index (Phi) is 9.17. The highest BCUT2D eigenvalue weighted by atomic mass is 32.1. The number of carbonyl (C=O) groups is 4. The lowest BCUT2D eigenvalue weighted by atomic mass is 9.96. The Balaban J connectivity index is 1.82. The van der Waals surface area contributed by atoms with Crippen molar-refractivity contribution < 1.29 is 33.8 Å². The minimum atomic E-state index is -1.11. The first-order chi connectivity index (χ1) is 17.3. The van der Waals surface area contributed by atoms with Gasteiger partial charge in [-0.15, -0.1) is 11.3 Å². The lowest BCUT2D eigenvalue weighted by Crippen LogP contribution is -2.57. The van der Waals surface area contributed by atoms with Crippen LogP contribution in [-0.4, -0.2) is 87.3 Å². The number of hydrogen-bond acceptors (Lipinski definition) is 8. The number of hydrogen-bond donors (Lipinski definition) is 2. The molecule has 2 fully saturated rings. The number of carbonyl (C=O) groups excluding carboxylic acids is 3. The topological polar surface area (TPSA) is 138 Å². The number of aromatic nitrogens is 1. The molecule has 5 atom stereocenters. The summed E-state index contributed by atoms with van der Waals surface area (Å²) in [5.41, 5.74) is -0.749. The molecule has 2 saturated heterocycles. The van der Waals surface area contributed by atoms with Crippen LogP contribution in [0.1, 0.15) is 88.3 Å². The number of nitrogens with one attached hydrogen (secondary N) is 1. The van der Waals surface area contributed by atoms with E-state index in [2.05, 4.69) is 10.3 Å². The first-order valence-electron chi connectivity index (χ1n) is 12.7. The first kappa shape index (κ1) is 28.8. The van der Waals surface area contributed by atoms with E-state index >= 15 is 0 Å². The number of carboxylic acid groups (broad SMARTS) is 1. The fourth-order valence-electron chi connectivity index (χ4n) is 4.79. The van der Waals surface area contributed by atoms with Crippen LogP contribution in [0.3, 0.4) is 0 Å². The second-order valence-corrected chi connectivity index (χ2v) is 11.5. The van der Waals surface area contributed by atoms with Crippen molar-refractivity contribution in [3.05, 3.63) is 16.1 Å². The first-order valence-corrected chi connectivity index (χ1v) is 13.6. The van der Waals surface area contributed by atoms with Gasteiger partial charge in [0.2, 0.25) is 11.8 Å². The van der Waals surface area contributed by atoms with Crippen molar-refractivity contribution in [2.75, 3.05) is 13.7 Å². The minimum Gasteiger partial charge on any atom is -0.476 e. The van der Waals surface area contributed by atoms with Gasteiger partial charge in [-0.1, -0.05) is 0 Å². The van der Waals surface area contributed by atoms with E-state index in [1.807, 2.05) is 6.92 Å². The summed E-state index contributed by atoms with van der Waals surface area (Å²) < 4.78 is 11.3. The summed E-state index contributed by atoms with van der Waals surface area (Å²) in [5, 5.41) is 14.2. The molecule has 0 radical (unpaired) electrons. The van der Waals surface area contributed by atoms with Gasteiger partial charge >= 0.3 is 12.1 Å². The van der Waals surface area contributed by atoms with Crippen LogP contribution in [0, 0.1) is 0 Å². The molecule has 2 aliphatic rings. The third-order valence-corrected chi connectivity index (χ3v) is 7.71. The van der Waals surface area contributed by atoms with Gasteiger partial charge in [0.1, 0.15) is 22.7 Å². The fourth-order valence-corrected chi connectivity index (χ4v) is 5.71. The second kappa shape index (κ2) is 11.8. The third-order valence-electron chi connectivity index (χ3n) is 6.76. The molecule has 0 saturated carbocycles. The minimum absolute atomic E-state index is 0.0387. The number of fused-ring (bicyclic) bond motifs is 1. The van der Waals surface area contributed by atoms with E-state index in [0.29, 0.717) is 24.5 Å². The van der Waals surface area contributed by atoms with E-state index in [1.54, 1.807) is 32.6 Å². The molecule has 206 valence electrons. The van der Waals surface area contributed by atoms with Gasteiger partial charge in [-0.2, -0.15) is 0 Å². The van der Waals surface area contributed by atoms with E-state index < -0.39 is 35.7 Å². The number of amides is 3. The monoisotopic (exact) mass is 538 g/mol. The zero-order chi connectivity index (χ0) is 27.5. The molecular formula is C25H38N4O7S. The standard InChI is InChI=1S/C25H38N4O7S/c1-7-35-16-10-8-15-9-11-19(21-27-18(13-37-21)23(32)33)29(15)22(31)17(12-16)26-20(30)14(2)28(6)24(34)36-25(3,4)5/h13-17,19H,7-12H2,1-6H3,(H,26,30)(H,32,33)/t14-,15-,16+,17-,19-/m0/s1. The highest BCUT2D eigenvalue weighted by Gasteiger charge is 2.44. The van der Waals surface area contributed by atoms with Gasteiger partial charge in [-0.3, -0.25) is 14.5 Å². The Hall–Kier alpha value is -2.73. The SMILES string of the molecule is CCO[C@@H]1CC[C@H]2CC[C@@H](c3nc(C(=O)O)cs3)N2C(=O)[C@@H](NC(=O)[C@H](C)N(C)C(=O)OC(C)(C)C)C1. The predicted octanol–water partition coefficient (Wildman–Crippen LogP) is 3.20. The second-order valence-electron chi connectivity index (χ2n) is 10.6. The number of aromatic carboxylic acids is 1. The van der Waals surface area contributed by atoms with Crippen LogP contribution in [0.4, 0.5) is 4.79 Å². The van der Waals surface area contributed by atoms with Gasteiger partial charge in [0.05, 0.1) is 12.1 Å². The van der Waals surface area contributed by atoms with Crippen molar-refractivity contribution in [3.8, 4) is 0 Å². The van der Waals surface area contributed by atoms with Crippen LogP contribution >= 0.6 is 11.3 Å². The van der Waals surface area contributed by atoms with E-state index in [4.69, 9.17) is 9.47 Å². The summed E-state index contributed by atoms with van der Waals surface area (Å²) in [4.78, 5) is 58.2. The maximum absolute atomic E-state index is 13.9. The summed E-state index contributed by atoms with van der Waals surface area (Å²) in [6, 6.07) is -2.14. The fraction of sp³-hybridized carbons (Fsp3) is 0.720. The Bertz CT molecular complexity index is 1010. The highest BCUT2D eigenvalue weighted by Crippen LogP contribution is 2.41. The number of carboxylic acids is 1. The molecule has 11 nitrogen and oxygen atoms in total. The summed E-state index contributed by atoms with van der Waals surface area (Å²) in [6.45, 7) is 9.20. The summed E-state index contributed by atoms with van der Waals surface area (Å²) in [6.07, 6.45) is 2.38. The van der Waals surface area contributed by atoms with Gasteiger partial charge in [-0.05, 0) is 60.3 Å². The van der Waals surface area contributed by atoms with Crippen molar-refractivity contribution >= 4 is 35.2 Å². The van der Waals surface area contributed by atoms with Crippen LogP contribution in [0.25, 0.3) is 0 Å². The molecule has 3 heterocycles.